The van der Waals surface area contributed by atoms with Gasteiger partial charge in [0.15, 0.2) is 0 Å². The molecule has 0 atom stereocenters. The summed E-state index contributed by atoms with van der Waals surface area (Å²) in [7, 11) is 0. The zero-order chi connectivity index (χ0) is 9.42. The SMILES string of the molecule is Oc1csc2cc(CBr)c(I)cc12. The maximum absolute atomic E-state index is 9.49. The van der Waals surface area contributed by atoms with Crippen LogP contribution in [0, 0.1) is 3.57 Å². The van der Waals surface area contributed by atoms with Crippen LogP contribution in [0.1, 0.15) is 5.56 Å². The van der Waals surface area contributed by atoms with Crippen LogP contribution in [0.4, 0.5) is 0 Å². The van der Waals surface area contributed by atoms with Crippen LogP contribution in [-0.2, 0) is 5.33 Å². The molecule has 0 aliphatic rings. The largest absolute Gasteiger partial charge is 0.506 e. The zero-order valence-corrected chi connectivity index (χ0v) is 11.1. The standard InChI is InChI=1S/C9H6BrIOS/c10-3-5-1-9-6(2-7(5)11)8(12)4-13-9/h1-2,4,12H,3H2. The first-order valence-electron chi connectivity index (χ1n) is 3.67. The molecule has 0 aliphatic carbocycles. The van der Waals surface area contributed by atoms with Gasteiger partial charge < -0.3 is 5.11 Å². The molecule has 1 heterocycles. The van der Waals surface area contributed by atoms with Gasteiger partial charge in [-0.25, -0.2) is 0 Å². The Hall–Kier alpha value is 0.190. The first kappa shape index (κ1) is 9.73. The van der Waals surface area contributed by atoms with Gasteiger partial charge in [-0.15, -0.1) is 11.3 Å². The molecule has 0 aliphatic heterocycles. The quantitative estimate of drug-likeness (QED) is 0.593. The van der Waals surface area contributed by atoms with E-state index in [0.29, 0.717) is 5.75 Å². The van der Waals surface area contributed by atoms with E-state index in [9.17, 15) is 5.11 Å². The summed E-state index contributed by atoms with van der Waals surface area (Å²) in [6, 6.07) is 4.15. The van der Waals surface area contributed by atoms with Crippen LogP contribution in [0.25, 0.3) is 10.1 Å². The highest BCUT2D eigenvalue weighted by atomic mass is 127. The highest BCUT2D eigenvalue weighted by Gasteiger charge is 2.06. The second kappa shape index (κ2) is 3.74. The molecule has 1 N–H and O–H groups in total. The zero-order valence-electron chi connectivity index (χ0n) is 6.55. The van der Waals surface area contributed by atoms with Crippen molar-refractivity contribution in [3.05, 3.63) is 26.6 Å². The third kappa shape index (κ3) is 1.71. The molecular formula is C9H6BrIOS. The van der Waals surface area contributed by atoms with E-state index in [-0.39, 0.29) is 0 Å². The maximum Gasteiger partial charge on any atom is 0.134 e. The summed E-state index contributed by atoms with van der Waals surface area (Å²) in [6.45, 7) is 0. The molecule has 1 aromatic heterocycles. The van der Waals surface area contributed by atoms with Crippen molar-refractivity contribution in [1.82, 2.24) is 0 Å². The van der Waals surface area contributed by atoms with E-state index in [0.717, 1.165) is 15.4 Å². The first-order valence-corrected chi connectivity index (χ1v) is 6.75. The van der Waals surface area contributed by atoms with Crippen LogP contribution < -0.4 is 0 Å². The van der Waals surface area contributed by atoms with Crippen LogP contribution in [0.5, 0.6) is 5.75 Å². The number of hydrogen-bond donors (Lipinski definition) is 1. The highest BCUT2D eigenvalue weighted by Crippen LogP contribution is 2.34. The van der Waals surface area contributed by atoms with Gasteiger partial charge in [-0.3, -0.25) is 0 Å². The monoisotopic (exact) mass is 368 g/mol. The van der Waals surface area contributed by atoms with E-state index in [4.69, 9.17) is 0 Å². The molecule has 0 saturated heterocycles. The number of fused-ring (bicyclic) bond motifs is 1. The molecule has 2 aromatic rings. The molecule has 68 valence electrons. The summed E-state index contributed by atoms with van der Waals surface area (Å²) in [4.78, 5) is 0. The number of thiophene rings is 1. The van der Waals surface area contributed by atoms with Crippen LogP contribution >= 0.6 is 49.9 Å². The van der Waals surface area contributed by atoms with Gasteiger partial charge in [0, 0.05) is 24.4 Å². The molecule has 0 fully saturated rings. The normalized spacial score (nSPS) is 10.9. The lowest BCUT2D eigenvalue weighted by Gasteiger charge is -2.00. The van der Waals surface area contributed by atoms with E-state index in [2.05, 4.69) is 44.6 Å². The summed E-state index contributed by atoms with van der Waals surface area (Å²) >= 11 is 7.30. The fourth-order valence-electron chi connectivity index (χ4n) is 1.18. The predicted octanol–water partition coefficient (Wildman–Crippen LogP) is 4.11. The van der Waals surface area contributed by atoms with Gasteiger partial charge in [0.1, 0.15) is 5.75 Å². The molecule has 0 amide bonds. The van der Waals surface area contributed by atoms with Gasteiger partial charge in [0.25, 0.3) is 0 Å². The minimum atomic E-state index is 0.388. The Balaban J connectivity index is 2.76. The lowest BCUT2D eigenvalue weighted by Crippen LogP contribution is -1.82. The maximum atomic E-state index is 9.49. The summed E-state index contributed by atoms with van der Waals surface area (Å²) in [5.41, 5.74) is 1.27. The van der Waals surface area contributed by atoms with Crippen LogP contribution in [-0.4, -0.2) is 5.11 Å². The summed E-state index contributed by atoms with van der Waals surface area (Å²) in [6.07, 6.45) is 0. The lowest BCUT2D eigenvalue weighted by molar-refractivity contribution is 0.483. The Morgan fingerprint density at radius 3 is 2.92 bits per heavy atom. The average molecular weight is 369 g/mol. The molecule has 0 spiro atoms. The Labute approximate surface area is 102 Å². The number of benzene rings is 1. The number of alkyl halides is 1. The van der Waals surface area contributed by atoms with E-state index in [1.165, 1.54) is 9.13 Å². The van der Waals surface area contributed by atoms with Gasteiger partial charge in [-0.2, -0.15) is 0 Å². The fourth-order valence-corrected chi connectivity index (χ4v) is 3.69. The Bertz CT molecular complexity index is 452. The number of aromatic hydroxyl groups is 1. The Morgan fingerprint density at radius 1 is 1.46 bits per heavy atom. The van der Waals surface area contributed by atoms with Gasteiger partial charge in [-0.05, 0) is 40.3 Å². The topological polar surface area (TPSA) is 20.2 Å². The highest BCUT2D eigenvalue weighted by molar-refractivity contribution is 14.1. The molecule has 1 nitrogen and oxygen atoms in total. The molecule has 13 heavy (non-hydrogen) atoms. The fraction of sp³-hybridized carbons (Fsp3) is 0.111. The van der Waals surface area contributed by atoms with Gasteiger partial charge in [0.05, 0.1) is 0 Å². The first-order chi connectivity index (χ1) is 6.22. The van der Waals surface area contributed by atoms with E-state index >= 15 is 0 Å². The van der Waals surface area contributed by atoms with Crippen LogP contribution in [0.2, 0.25) is 0 Å². The molecule has 0 saturated carbocycles. The smallest absolute Gasteiger partial charge is 0.134 e. The molecule has 0 bridgehead atoms. The Morgan fingerprint density at radius 2 is 2.23 bits per heavy atom. The molecule has 1 aromatic carbocycles. The minimum absolute atomic E-state index is 0.388. The summed E-state index contributed by atoms with van der Waals surface area (Å²) in [5, 5.41) is 13.1. The van der Waals surface area contributed by atoms with E-state index < -0.39 is 0 Å². The van der Waals surface area contributed by atoms with Crippen LogP contribution in [0.15, 0.2) is 17.5 Å². The number of hydrogen-bond acceptors (Lipinski definition) is 2. The summed E-state index contributed by atoms with van der Waals surface area (Å²) < 4.78 is 2.34. The Kier molecular flexibility index (Phi) is 2.80. The molecule has 0 radical (unpaired) electrons. The van der Waals surface area contributed by atoms with Crippen molar-refractivity contribution >= 4 is 59.9 Å². The predicted molar refractivity (Wildman–Crippen MR) is 68.8 cm³/mol. The van der Waals surface area contributed by atoms with Gasteiger partial charge >= 0.3 is 0 Å². The molecule has 2 rings (SSSR count). The average Bonchev–Trinajstić information content (AvgIpc) is 2.47. The lowest BCUT2D eigenvalue weighted by atomic mass is 10.2. The van der Waals surface area contributed by atoms with E-state index in [1.54, 1.807) is 16.7 Å². The number of rotatable bonds is 1. The third-order valence-corrected chi connectivity index (χ3v) is 4.41. The van der Waals surface area contributed by atoms with Crippen molar-refractivity contribution in [2.24, 2.45) is 0 Å². The second-order valence-corrected chi connectivity index (χ2v) is 5.33. The van der Waals surface area contributed by atoms with Gasteiger partial charge in [0.2, 0.25) is 0 Å². The molecule has 4 heteroatoms. The van der Waals surface area contributed by atoms with Crippen molar-refractivity contribution in [3.8, 4) is 5.75 Å². The summed E-state index contributed by atoms with van der Waals surface area (Å²) in [5.74, 6) is 0.388. The second-order valence-electron chi connectivity index (χ2n) is 2.69. The van der Waals surface area contributed by atoms with Gasteiger partial charge in [-0.1, -0.05) is 15.9 Å². The van der Waals surface area contributed by atoms with Crippen molar-refractivity contribution in [2.45, 2.75) is 5.33 Å². The third-order valence-electron chi connectivity index (χ3n) is 1.87. The van der Waals surface area contributed by atoms with Crippen molar-refractivity contribution < 1.29 is 5.11 Å². The van der Waals surface area contributed by atoms with Crippen molar-refractivity contribution in [3.63, 3.8) is 0 Å². The molecular weight excluding hydrogens is 363 g/mol. The minimum Gasteiger partial charge on any atom is -0.506 e. The molecule has 0 unspecified atom stereocenters. The van der Waals surface area contributed by atoms with Crippen LogP contribution in [0.3, 0.4) is 0 Å². The van der Waals surface area contributed by atoms with Crippen molar-refractivity contribution in [2.75, 3.05) is 0 Å². The number of halogens is 2. The van der Waals surface area contributed by atoms with Crippen molar-refractivity contribution in [1.29, 1.82) is 0 Å². The van der Waals surface area contributed by atoms with E-state index in [1.807, 2.05) is 6.07 Å².